The summed E-state index contributed by atoms with van der Waals surface area (Å²) in [5.74, 6) is 1.41. The van der Waals surface area contributed by atoms with Crippen molar-refractivity contribution in [1.29, 1.82) is 0 Å². The summed E-state index contributed by atoms with van der Waals surface area (Å²) in [6, 6.07) is 0. The average Bonchev–Trinajstić information content (AvgIpc) is 2.08. The van der Waals surface area contributed by atoms with Gasteiger partial charge in [0.2, 0.25) is 0 Å². The first-order valence-corrected chi connectivity index (χ1v) is 5.72. The predicted molar refractivity (Wildman–Crippen MR) is 66.2 cm³/mol. The Bertz CT molecular complexity index is 192. The Morgan fingerprint density at radius 3 is 2.33 bits per heavy atom. The monoisotopic (exact) mass is 214 g/mol. The van der Waals surface area contributed by atoms with Crippen LogP contribution >= 0.6 is 0 Å². The zero-order valence-corrected chi connectivity index (χ0v) is 10.8. The molecule has 0 saturated heterocycles. The summed E-state index contributed by atoms with van der Waals surface area (Å²) < 4.78 is 5.44. The quantitative estimate of drug-likeness (QED) is 0.419. The highest BCUT2D eigenvalue weighted by Gasteiger charge is 2.14. The second-order valence-corrected chi connectivity index (χ2v) is 5.31. The Hall–Kier alpha value is -0.570. The van der Waals surface area contributed by atoms with Crippen molar-refractivity contribution < 1.29 is 4.74 Å². The minimum atomic E-state index is -0.0298. The Labute approximate surface area is 94.1 Å². The van der Waals surface area contributed by atoms with Crippen LogP contribution in [0.15, 0.2) is 4.99 Å². The lowest BCUT2D eigenvalue weighted by atomic mass is 9.95. The lowest BCUT2D eigenvalue weighted by Gasteiger charge is -2.17. The normalized spacial score (nSPS) is 13.6. The highest BCUT2D eigenvalue weighted by Crippen LogP contribution is 2.12. The third-order valence-electron chi connectivity index (χ3n) is 2.13. The van der Waals surface area contributed by atoms with Gasteiger partial charge in [0.05, 0.1) is 19.0 Å². The minimum absolute atomic E-state index is 0.0298. The van der Waals surface area contributed by atoms with Crippen molar-refractivity contribution in [2.75, 3.05) is 19.8 Å². The van der Waals surface area contributed by atoms with Gasteiger partial charge in [0.1, 0.15) is 0 Å². The van der Waals surface area contributed by atoms with Crippen molar-refractivity contribution in [3.05, 3.63) is 0 Å². The van der Waals surface area contributed by atoms with E-state index in [0.717, 1.165) is 13.0 Å². The van der Waals surface area contributed by atoms with Gasteiger partial charge in [0, 0.05) is 12.0 Å². The van der Waals surface area contributed by atoms with Crippen molar-refractivity contribution in [2.24, 2.45) is 22.1 Å². The molecule has 0 unspecified atom stereocenters. The summed E-state index contributed by atoms with van der Waals surface area (Å²) in [5, 5.41) is 0. The van der Waals surface area contributed by atoms with Crippen LogP contribution in [0, 0.1) is 11.3 Å². The first-order chi connectivity index (χ1) is 6.84. The number of aliphatic imine (C=N–C) groups is 1. The molecule has 90 valence electrons. The maximum Gasteiger partial charge on any atom is 0.0992 e. The Morgan fingerprint density at radius 2 is 1.87 bits per heavy atom. The zero-order chi connectivity index (χ0) is 11.9. The van der Waals surface area contributed by atoms with Gasteiger partial charge < -0.3 is 10.5 Å². The number of amidine groups is 1. The highest BCUT2D eigenvalue weighted by atomic mass is 16.5. The van der Waals surface area contributed by atoms with E-state index in [1.54, 1.807) is 0 Å². The van der Waals surface area contributed by atoms with Crippen molar-refractivity contribution in [3.8, 4) is 0 Å². The summed E-state index contributed by atoms with van der Waals surface area (Å²) in [4.78, 5) is 4.28. The van der Waals surface area contributed by atoms with Crippen LogP contribution in [0.25, 0.3) is 0 Å². The third kappa shape index (κ3) is 8.43. The van der Waals surface area contributed by atoms with E-state index in [1.807, 2.05) is 0 Å². The minimum Gasteiger partial charge on any atom is -0.387 e. The maximum atomic E-state index is 5.81. The van der Waals surface area contributed by atoms with Crippen molar-refractivity contribution in [3.63, 3.8) is 0 Å². The van der Waals surface area contributed by atoms with Gasteiger partial charge in [-0.15, -0.1) is 0 Å². The van der Waals surface area contributed by atoms with E-state index >= 15 is 0 Å². The van der Waals surface area contributed by atoms with Gasteiger partial charge in [0.25, 0.3) is 0 Å². The molecule has 0 aromatic carbocycles. The molecule has 0 rings (SSSR count). The summed E-state index contributed by atoms with van der Waals surface area (Å²) in [6.07, 6.45) is 1.11. The molecule has 0 heterocycles. The molecule has 0 aliphatic carbocycles. The van der Waals surface area contributed by atoms with Gasteiger partial charge in [-0.05, 0) is 12.3 Å². The van der Waals surface area contributed by atoms with Crippen molar-refractivity contribution in [1.82, 2.24) is 0 Å². The number of hydrogen-bond acceptors (Lipinski definition) is 2. The van der Waals surface area contributed by atoms with Crippen LogP contribution in [-0.2, 0) is 4.74 Å². The molecule has 0 radical (unpaired) electrons. The predicted octanol–water partition coefficient (Wildman–Crippen LogP) is 2.45. The molecule has 3 nitrogen and oxygen atoms in total. The highest BCUT2D eigenvalue weighted by molar-refractivity contribution is 5.85. The molecule has 0 aliphatic heterocycles. The van der Waals surface area contributed by atoms with Crippen molar-refractivity contribution in [2.45, 2.75) is 41.0 Å². The second kappa shape index (κ2) is 6.83. The van der Waals surface area contributed by atoms with E-state index < -0.39 is 0 Å². The van der Waals surface area contributed by atoms with Crippen LogP contribution in [0.1, 0.15) is 41.0 Å². The molecule has 0 aromatic rings. The van der Waals surface area contributed by atoms with E-state index in [2.05, 4.69) is 39.6 Å². The van der Waals surface area contributed by atoms with Gasteiger partial charge in [-0.1, -0.05) is 34.6 Å². The van der Waals surface area contributed by atoms with Crippen LogP contribution in [0.4, 0.5) is 0 Å². The van der Waals surface area contributed by atoms with E-state index in [0.29, 0.717) is 24.9 Å². The fraction of sp³-hybridized carbons (Fsp3) is 0.917. The average molecular weight is 214 g/mol. The lowest BCUT2D eigenvalue weighted by Crippen LogP contribution is -2.29. The van der Waals surface area contributed by atoms with E-state index in [9.17, 15) is 0 Å². The topological polar surface area (TPSA) is 47.6 Å². The fourth-order valence-electron chi connectivity index (χ4n) is 0.889. The number of nitrogens with two attached hydrogens (primary N) is 1. The number of hydrogen-bond donors (Lipinski definition) is 1. The van der Waals surface area contributed by atoms with Crippen molar-refractivity contribution >= 4 is 5.84 Å². The first-order valence-electron chi connectivity index (χ1n) is 5.72. The van der Waals surface area contributed by atoms with Gasteiger partial charge in [-0.2, -0.15) is 0 Å². The standard InChI is InChI=1S/C12H26N2O/c1-10(2)6-8-15-9-7-14-11(13)12(3,4)5/h10H,6-9H2,1-5H3,(H2,13,14). The smallest absolute Gasteiger partial charge is 0.0992 e. The molecule has 0 atom stereocenters. The largest absolute Gasteiger partial charge is 0.387 e. The van der Waals surface area contributed by atoms with Gasteiger partial charge in [-0.3, -0.25) is 4.99 Å². The summed E-state index contributed by atoms with van der Waals surface area (Å²) in [5.41, 5.74) is 5.78. The fourth-order valence-corrected chi connectivity index (χ4v) is 0.889. The van der Waals surface area contributed by atoms with Crippen LogP contribution in [0.5, 0.6) is 0 Å². The Morgan fingerprint density at radius 1 is 1.27 bits per heavy atom. The second-order valence-electron chi connectivity index (χ2n) is 5.31. The molecule has 0 aliphatic rings. The molecular weight excluding hydrogens is 188 g/mol. The Kier molecular flexibility index (Phi) is 6.57. The van der Waals surface area contributed by atoms with Crippen LogP contribution in [0.3, 0.4) is 0 Å². The zero-order valence-electron chi connectivity index (χ0n) is 10.8. The Balaban J connectivity index is 3.54. The number of ether oxygens (including phenoxy) is 1. The molecule has 0 saturated carbocycles. The van der Waals surface area contributed by atoms with Gasteiger partial charge in [0.15, 0.2) is 0 Å². The summed E-state index contributed by atoms with van der Waals surface area (Å²) in [6.45, 7) is 12.7. The van der Waals surface area contributed by atoms with E-state index in [-0.39, 0.29) is 5.41 Å². The molecule has 15 heavy (non-hydrogen) atoms. The molecular formula is C12H26N2O. The summed E-state index contributed by atoms with van der Waals surface area (Å²) in [7, 11) is 0. The van der Waals surface area contributed by atoms with Crippen LogP contribution in [0.2, 0.25) is 0 Å². The number of nitrogens with zero attached hydrogens (tertiary/aromatic N) is 1. The molecule has 0 bridgehead atoms. The maximum absolute atomic E-state index is 5.81. The van der Waals surface area contributed by atoms with Crippen LogP contribution in [-0.4, -0.2) is 25.6 Å². The van der Waals surface area contributed by atoms with Gasteiger partial charge >= 0.3 is 0 Å². The summed E-state index contributed by atoms with van der Waals surface area (Å²) >= 11 is 0. The number of rotatable bonds is 6. The molecule has 0 spiro atoms. The molecule has 2 N–H and O–H groups in total. The molecule has 0 fully saturated rings. The van der Waals surface area contributed by atoms with E-state index in [4.69, 9.17) is 10.5 Å². The lowest BCUT2D eigenvalue weighted by molar-refractivity contribution is 0.130. The van der Waals surface area contributed by atoms with E-state index in [1.165, 1.54) is 0 Å². The van der Waals surface area contributed by atoms with Gasteiger partial charge in [-0.25, -0.2) is 0 Å². The SMILES string of the molecule is CC(C)CCOCCN=C(N)C(C)(C)C. The third-order valence-corrected chi connectivity index (χ3v) is 2.13. The first kappa shape index (κ1) is 14.4. The molecule has 3 heteroatoms. The molecule has 0 aromatic heterocycles. The van der Waals surface area contributed by atoms with Crippen LogP contribution < -0.4 is 5.73 Å². The molecule has 0 amide bonds.